The minimum Gasteiger partial charge on any atom is -0.368 e. The predicted molar refractivity (Wildman–Crippen MR) is 88.2 cm³/mol. The van der Waals surface area contributed by atoms with Gasteiger partial charge in [-0.3, -0.25) is 4.79 Å². The summed E-state index contributed by atoms with van der Waals surface area (Å²) in [5.74, 6) is -0.0420. The second kappa shape index (κ2) is 7.67. The number of carbonyl (C=O) groups excluding carboxylic acids is 1. The molecule has 2 N–H and O–H groups in total. The fourth-order valence-corrected chi connectivity index (χ4v) is 3.51. The Kier molecular flexibility index (Phi) is 5.37. The molecule has 1 fully saturated rings. The summed E-state index contributed by atoms with van der Waals surface area (Å²) in [5.41, 5.74) is 1.03. The van der Waals surface area contributed by atoms with Crippen LogP contribution in [0.4, 0.5) is 0 Å². The second-order valence-electron chi connectivity index (χ2n) is 5.44. The van der Waals surface area contributed by atoms with Gasteiger partial charge in [-0.1, -0.05) is 12.1 Å². The van der Waals surface area contributed by atoms with E-state index in [-0.39, 0.29) is 18.6 Å². The van der Waals surface area contributed by atoms with E-state index < -0.39 is 0 Å². The zero-order chi connectivity index (χ0) is 15.2. The molecular weight excluding hydrogens is 298 g/mol. The molecule has 5 nitrogen and oxygen atoms in total. The maximum absolute atomic E-state index is 11.8. The number of hydrogen-bond donors (Lipinski definition) is 2. The first kappa shape index (κ1) is 15.4. The summed E-state index contributed by atoms with van der Waals surface area (Å²) >= 11 is 1.68. The Morgan fingerprint density at radius 1 is 1.36 bits per heavy atom. The van der Waals surface area contributed by atoms with Crippen molar-refractivity contribution in [3.63, 3.8) is 0 Å². The first-order valence-corrected chi connectivity index (χ1v) is 8.56. The fraction of sp³-hybridized carbons (Fsp3) is 0.500. The Balaban J connectivity index is 1.37. The van der Waals surface area contributed by atoms with Crippen molar-refractivity contribution in [1.82, 2.24) is 15.6 Å². The first-order valence-electron chi connectivity index (χ1n) is 7.75. The van der Waals surface area contributed by atoms with Crippen LogP contribution in [0.2, 0.25) is 0 Å². The maximum atomic E-state index is 11.8. The van der Waals surface area contributed by atoms with E-state index in [1.165, 1.54) is 4.70 Å². The lowest BCUT2D eigenvalue weighted by atomic mass is 10.1. The first-order chi connectivity index (χ1) is 10.8. The lowest BCUT2D eigenvalue weighted by Gasteiger charge is -2.22. The molecule has 1 aromatic heterocycles. The van der Waals surface area contributed by atoms with Crippen molar-refractivity contribution in [2.75, 3.05) is 26.2 Å². The molecule has 2 aromatic rings. The number of amides is 1. The molecule has 1 aromatic carbocycles. The third-order valence-corrected chi connectivity index (χ3v) is 4.83. The number of thiazole rings is 1. The molecule has 6 heteroatoms. The summed E-state index contributed by atoms with van der Waals surface area (Å²) in [6, 6.07) is 8.10. The molecular formula is C16H21N3O2S. The quantitative estimate of drug-likeness (QED) is 0.851. The fourth-order valence-electron chi connectivity index (χ4n) is 2.54. The average Bonchev–Trinajstić information content (AvgIpc) is 2.96. The molecule has 0 atom stereocenters. The molecule has 1 saturated heterocycles. The lowest BCUT2D eigenvalue weighted by Crippen LogP contribution is -2.36. The van der Waals surface area contributed by atoms with Gasteiger partial charge in [-0.2, -0.15) is 0 Å². The van der Waals surface area contributed by atoms with Crippen LogP contribution < -0.4 is 10.6 Å². The van der Waals surface area contributed by atoms with Crippen molar-refractivity contribution < 1.29 is 9.53 Å². The second-order valence-corrected chi connectivity index (χ2v) is 6.55. The Morgan fingerprint density at radius 3 is 3.00 bits per heavy atom. The number of aromatic nitrogens is 1. The van der Waals surface area contributed by atoms with Gasteiger partial charge in [-0.25, -0.2) is 4.98 Å². The van der Waals surface area contributed by atoms with Crippen molar-refractivity contribution in [2.45, 2.75) is 25.4 Å². The van der Waals surface area contributed by atoms with Crippen molar-refractivity contribution in [3.8, 4) is 0 Å². The number of piperidine rings is 1. The van der Waals surface area contributed by atoms with Crippen LogP contribution in [0, 0.1) is 0 Å². The Hall–Kier alpha value is -1.50. The van der Waals surface area contributed by atoms with Crippen LogP contribution in [0.25, 0.3) is 10.2 Å². The molecule has 0 spiro atoms. The Bertz CT molecular complexity index is 590. The Morgan fingerprint density at radius 2 is 2.18 bits per heavy atom. The highest BCUT2D eigenvalue weighted by Gasteiger charge is 2.14. The van der Waals surface area contributed by atoms with Crippen LogP contribution >= 0.6 is 11.3 Å². The zero-order valence-corrected chi connectivity index (χ0v) is 13.3. The monoisotopic (exact) mass is 319 g/mol. The molecule has 3 rings (SSSR count). The van der Waals surface area contributed by atoms with Gasteiger partial charge in [-0.05, 0) is 38.1 Å². The standard InChI is InChI=1S/C16H21N3O2S/c20-15(11-21-12-5-8-17-9-6-12)18-10-7-16-19-13-3-1-2-4-14(13)22-16/h1-4,12,17H,5-11H2,(H,18,20). The van der Waals surface area contributed by atoms with Crippen LogP contribution in [-0.2, 0) is 16.0 Å². The number of fused-ring (bicyclic) bond motifs is 1. The van der Waals surface area contributed by atoms with Gasteiger partial charge in [0, 0.05) is 13.0 Å². The number of ether oxygens (including phenoxy) is 1. The topological polar surface area (TPSA) is 63.2 Å². The smallest absolute Gasteiger partial charge is 0.246 e. The highest BCUT2D eigenvalue weighted by atomic mass is 32.1. The zero-order valence-electron chi connectivity index (χ0n) is 12.5. The van der Waals surface area contributed by atoms with E-state index in [1.54, 1.807) is 11.3 Å². The summed E-state index contributed by atoms with van der Waals surface area (Å²) in [6.07, 6.45) is 2.95. The number of para-hydroxylation sites is 1. The Labute approximate surface area is 134 Å². The number of nitrogens with zero attached hydrogens (tertiary/aromatic N) is 1. The molecule has 0 aliphatic carbocycles. The predicted octanol–water partition coefficient (Wildman–Crippen LogP) is 1.72. The number of hydrogen-bond acceptors (Lipinski definition) is 5. The summed E-state index contributed by atoms with van der Waals surface area (Å²) in [5, 5.41) is 7.24. The summed E-state index contributed by atoms with van der Waals surface area (Å²) in [7, 11) is 0. The van der Waals surface area contributed by atoms with Gasteiger partial charge in [0.2, 0.25) is 5.91 Å². The molecule has 0 radical (unpaired) electrons. The van der Waals surface area contributed by atoms with Gasteiger partial charge in [0.25, 0.3) is 0 Å². The minimum atomic E-state index is -0.0420. The van der Waals surface area contributed by atoms with Gasteiger partial charge in [0.05, 0.1) is 21.3 Å². The SMILES string of the molecule is O=C(COC1CCNCC1)NCCc1nc2ccccc2s1. The largest absolute Gasteiger partial charge is 0.368 e. The summed E-state index contributed by atoms with van der Waals surface area (Å²) in [6.45, 7) is 2.71. The molecule has 1 aliphatic heterocycles. The van der Waals surface area contributed by atoms with Crippen LogP contribution in [0.3, 0.4) is 0 Å². The minimum absolute atomic E-state index is 0.0420. The van der Waals surface area contributed by atoms with E-state index in [0.717, 1.165) is 42.9 Å². The number of benzene rings is 1. The number of rotatable bonds is 6. The van der Waals surface area contributed by atoms with Gasteiger partial charge < -0.3 is 15.4 Å². The van der Waals surface area contributed by atoms with Crippen molar-refractivity contribution in [1.29, 1.82) is 0 Å². The molecule has 2 heterocycles. The highest BCUT2D eigenvalue weighted by molar-refractivity contribution is 7.18. The van der Waals surface area contributed by atoms with Crippen LogP contribution in [0.1, 0.15) is 17.8 Å². The third-order valence-electron chi connectivity index (χ3n) is 3.74. The van der Waals surface area contributed by atoms with E-state index in [9.17, 15) is 4.79 Å². The molecule has 1 aliphatic rings. The van der Waals surface area contributed by atoms with Crippen molar-refractivity contribution in [3.05, 3.63) is 29.3 Å². The highest BCUT2D eigenvalue weighted by Crippen LogP contribution is 2.21. The molecule has 0 bridgehead atoms. The summed E-state index contributed by atoms with van der Waals surface area (Å²) in [4.78, 5) is 16.3. The van der Waals surface area contributed by atoms with Crippen LogP contribution in [-0.4, -0.2) is 43.2 Å². The molecule has 1 amide bonds. The number of nitrogens with one attached hydrogen (secondary N) is 2. The van der Waals surface area contributed by atoms with Gasteiger partial charge >= 0.3 is 0 Å². The van der Waals surface area contributed by atoms with E-state index in [2.05, 4.69) is 21.7 Å². The molecule has 0 unspecified atom stereocenters. The maximum Gasteiger partial charge on any atom is 0.246 e. The van der Waals surface area contributed by atoms with E-state index >= 15 is 0 Å². The molecule has 0 saturated carbocycles. The summed E-state index contributed by atoms with van der Waals surface area (Å²) < 4.78 is 6.82. The lowest BCUT2D eigenvalue weighted by molar-refractivity contribution is -0.128. The molecule has 118 valence electrons. The van der Waals surface area contributed by atoms with E-state index in [4.69, 9.17) is 4.74 Å². The van der Waals surface area contributed by atoms with Gasteiger partial charge in [0.1, 0.15) is 6.61 Å². The van der Waals surface area contributed by atoms with Gasteiger partial charge in [0.15, 0.2) is 0 Å². The van der Waals surface area contributed by atoms with Crippen molar-refractivity contribution in [2.24, 2.45) is 0 Å². The van der Waals surface area contributed by atoms with E-state index in [0.29, 0.717) is 6.54 Å². The third kappa shape index (κ3) is 4.25. The normalized spacial score (nSPS) is 16.0. The average molecular weight is 319 g/mol. The van der Waals surface area contributed by atoms with Crippen LogP contribution in [0.15, 0.2) is 24.3 Å². The van der Waals surface area contributed by atoms with Crippen LogP contribution in [0.5, 0.6) is 0 Å². The van der Waals surface area contributed by atoms with E-state index in [1.807, 2.05) is 18.2 Å². The van der Waals surface area contributed by atoms with Gasteiger partial charge in [-0.15, -0.1) is 11.3 Å². The number of carbonyl (C=O) groups is 1. The molecule has 22 heavy (non-hydrogen) atoms. The van der Waals surface area contributed by atoms with Crippen molar-refractivity contribution >= 4 is 27.5 Å².